The number of para-hydroxylation sites is 2. The van der Waals surface area contributed by atoms with Gasteiger partial charge in [0.25, 0.3) is 5.91 Å². The van der Waals surface area contributed by atoms with Gasteiger partial charge in [0.2, 0.25) is 5.91 Å². The molecule has 0 aromatic heterocycles. The Bertz CT molecular complexity index is 789. The number of nitrogens with zero attached hydrogens (tertiary/aromatic N) is 1. The van der Waals surface area contributed by atoms with Crippen molar-refractivity contribution in [2.75, 3.05) is 23.9 Å². The van der Waals surface area contributed by atoms with Crippen LogP contribution in [0, 0.1) is 0 Å². The molecule has 1 fully saturated rings. The van der Waals surface area contributed by atoms with Gasteiger partial charge in [0, 0.05) is 24.3 Å². The molecule has 3 rings (SSSR count). The maximum absolute atomic E-state index is 12.4. The lowest BCUT2D eigenvalue weighted by molar-refractivity contribution is -0.122. The molecular weight excluding hydrogens is 332 g/mol. The van der Waals surface area contributed by atoms with E-state index < -0.39 is 6.10 Å². The highest BCUT2D eigenvalue weighted by Crippen LogP contribution is 2.27. The van der Waals surface area contributed by atoms with Gasteiger partial charge in [-0.15, -0.1) is 0 Å². The number of anilines is 2. The molecule has 2 aromatic rings. The van der Waals surface area contributed by atoms with E-state index in [4.69, 9.17) is 9.47 Å². The molecular formula is C20H22N2O4. The predicted molar refractivity (Wildman–Crippen MR) is 99.7 cm³/mol. The number of methoxy groups -OCH3 is 1. The minimum absolute atomic E-state index is 0.139. The summed E-state index contributed by atoms with van der Waals surface area (Å²) in [7, 11) is 1.56. The Labute approximate surface area is 152 Å². The molecule has 2 amide bonds. The van der Waals surface area contributed by atoms with Crippen LogP contribution in [0.4, 0.5) is 11.4 Å². The molecule has 1 saturated heterocycles. The van der Waals surface area contributed by atoms with Crippen molar-refractivity contribution >= 4 is 23.2 Å². The van der Waals surface area contributed by atoms with Crippen LogP contribution in [-0.2, 0) is 9.59 Å². The Balaban J connectivity index is 1.61. The van der Waals surface area contributed by atoms with E-state index in [1.165, 1.54) is 0 Å². The fourth-order valence-electron chi connectivity index (χ4n) is 2.85. The Morgan fingerprint density at radius 2 is 1.81 bits per heavy atom. The second-order valence-corrected chi connectivity index (χ2v) is 6.10. The van der Waals surface area contributed by atoms with Crippen molar-refractivity contribution in [1.82, 2.24) is 0 Å². The molecule has 1 heterocycles. The number of nitrogens with one attached hydrogen (secondary N) is 1. The third kappa shape index (κ3) is 3.96. The Morgan fingerprint density at radius 1 is 1.12 bits per heavy atom. The van der Waals surface area contributed by atoms with Gasteiger partial charge in [-0.3, -0.25) is 9.59 Å². The molecule has 0 spiro atoms. The number of rotatable bonds is 6. The van der Waals surface area contributed by atoms with Crippen molar-refractivity contribution in [3.8, 4) is 11.5 Å². The monoisotopic (exact) mass is 354 g/mol. The van der Waals surface area contributed by atoms with Crippen LogP contribution in [0.2, 0.25) is 0 Å². The lowest BCUT2D eigenvalue weighted by Gasteiger charge is -2.18. The zero-order valence-corrected chi connectivity index (χ0v) is 14.9. The van der Waals surface area contributed by atoms with Gasteiger partial charge in [-0.2, -0.15) is 0 Å². The smallest absolute Gasteiger partial charge is 0.265 e. The molecule has 6 nitrogen and oxygen atoms in total. The van der Waals surface area contributed by atoms with Gasteiger partial charge in [-0.05, 0) is 49.7 Å². The molecule has 1 N–H and O–H groups in total. The summed E-state index contributed by atoms with van der Waals surface area (Å²) >= 11 is 0. The minimum Gasteiger partial charge on any atom is -0.493 e. The molecule has 6 heteroatoms. The normalized spacial score (nSPS) is 14.8. The van der Waals surface area contributed by atoms with E-state index in [1.54, 1.807) is 43.2 Å². The van der Waals surface area contributed by atoms with E-state index in [9.17, 15) is 9.59 Å². The average Bonchev–Trinajstić information content (AvgIpc) is 3.08. The lowest BCUT2D eigenvalue weighted by Crippen LogP contribution is -2.30. The van der Waals surface area contributed by atoms with Crippen molar-refractivity contribution in [3.05, 3.63) is 48.5 Å². The molecule has 0 unspecified atom stereocenters. The van der Waals surface area contributed by atoms with Crippen LogP contribution in [-0.4, -0.2) is 31.6 Å². The summed E-state index contributed by atoms with van der Waals surface area (Å²) in [5, 5.41) is 2.82. The third-order valence-electron chi connectivity index (χ3n) is 4.26. The molecule has 0 bridgehead atoms. The summed E-state index contributed by atoms with van der Waals surface area (Å²) in [5.41, 5.74) is 1.50. The van der Waals surface area contributed by atoms with E-state index >= 15 is 0 Å². The topological polar surface area (TPSA) is 67.9 Å². The molecule has 1 aliphatic rings. The van der Waals surface area contributed by atoms with Crippen LogP contribution < -0.4 is 19.7 Å². The molecule has 1 aliphatic heterocycles. The summed E-state index contributed by atoms with van der Waals surface area (Å²) in [6, 6.07) is 14.4. The first-order chi connectivity index (χ1) is 12.6. The number of hydrogen-bond acceptors (Lipinski definition) is 4. The largest absolute Gasteiger partial charge is 0.493 e. The average molecular weight is 354 g/mol. The van der Waals surface area contributed by atoms with E-state index in [2.05, 4.69) is 5.32 Å². The van der Waals surface area contributed by atoms with Gasteiger partial charge in [0.1, 0.15) is 0 Å². The lowest BCUT2D eigenvalue weighted by atomic mass is 10.2. The first kappa shape index (κ1) is 17.8. The van der Waals surface area contributed by atoms with Crippen LogP contribution in [0.15, 0.2) is 48.5 Å². The fraction of sp³-hybridized carbons (Fsp3) is 0.300. The van der Waals surface area contributed by atoms with Crippen LogP contribution in [0.5, 0.6) is 11.5 Å². The quantitative estimate of drug-likeness (QED) is 0.865. The van der Waals surface area contributed by atoms with Gasteiger partial charge >= 0.3 is 0 Å². The highest BCUT2D eigenvalue weighted by atomic mass is 16.5. The van der Waals surface area contributed by atoms with Gasteiger partial charge in [0.15, 0.2) is 17.6 Å². The summed E-state index contributed by atoms with van der Waals surface area (Å²) in [6.07, 6.45) is 0.789. The fourth-order valence-corrected chi connectivity index (χ4v) is 2.85. The van der Waals surface area contributed by atoms with Crippen LogP contribution in [0.25, 0.3) is 0 Å². The SMILES string of the molecule is COc1ccccc1O[C@H](C)C(=O)Nc1ccc(N2CCCC2=O)cc1. The van der Waals surface area contributed by atoms with Gasteiger partial charge in [-0.1, -0.05) is 12.1 Å². The van der Waals surface area contributed by atoms with E-state index in [0.29, 0.717) is 23.6 Å². The number of carbonyl (C=O) groups is 2. The molecule has 0 aliphatic carbocycles. The standard InChI is InChI=1S/C20H22N2O4/c1-14(26-18-7-4-3-6-17(18)25-2)20(24)21-15-9-11-16(12-10-15)22-13-5-8-19(22)23/h3-4,6-7,9-12,14H,5,8,13H2,1-2H3,(H,21,24)/t14-/m1/s1. The second-order valence-electron chi connectivity index (χ2n) is 6.10. The Morgan fingerprint density at radius 3 is 2.42 bits per heavy atom. The molecule has 1 atom stereocenters. The highest BCUT2D eigenvalue weighted by Gasteiger charge is 2.22. The van der Waals surface area contributed by atoms with Crippen LogP contribution in [0.1, 0.15) is 19.8 Å². The van der Waals surface area contributed by atoms with E-state index in [1.807, 2.05) is 24.3 Å². The van der Waals surface area contributed by atoms with Crippen molar-refractivity contribution < 1.29 is 19.1 Å². The number of ether oxygens (including phenoxy) is 2. The summed E-state index contributed by atoms with van der Waals surface area (Å²) < 4.78 is 10.9. The number of benzene rings is 2. The van der Waals surface area contributed by atoms with Gasteiger partial charge < -0.3 is 19.7 Å². The Hall–Kier alpha value is -3.02. The molecule has 2 aromatic carbocycles. The first-order valence-corrected chi connectivity index (χ1v) is 8.59. The number of hydrogen-bond donors (Lipinski definition) is 1. The van der Waals surface area contributed by atoms with Crippen LogP contribution in [0.3, 0.4) is 0 Å². The maximum Gasteiger partial charge on any atom is 0.265 e. The third-order valence-corrected chi connectivity index (χ3v) is 4.26. The zero-order chi connectivity index (χ0) is 18.5. The molecule has 0 radical (unpaired) electrons. The first-order valence-electron chi connectivity index (χ1n) is 8.59. The van der Waals surface area contributed by atoms with Crippen molar-refractivity contribution in [2.24, 2.45) is 0 Å². The number of amides is 2. The van der Waals surface area contributed by atoms with E-state index in [-0.39, 0.29) is 11.8 Å². The summed E-state index contributed by atoms with van der Waals surface area (Å²) in [5.74, 6) is 0.967. The predicted octanol–water partition coefficient (Wildman–Crippen LogP) is 3.23. The second kappa shape index (κ2) is 7.91. The molecule has 0 saturated carbocycles. The van der Waals surface area contributed by atoms with Gasteiger partial charge in [-0.25, -0.2) is 0 Å². The summed E-state index contributed by atoms with van der Waals surface area (Å²) in [6.45, 7) is 2.42. The van der Waals surface area contributed by atoms with Crippen LogP contribution >= 0.6 is 0 Å². The number of carbonyl (C=O) groups excluding carboxylic acids is 2. The van der Waals surface area contributed by atoms with Gasteiger partial charge in [0.05, 0.1) is 7.11 Å². The minimum atomic E-state index is -0.689. The molecule has 26 heavy (non-hydrogen) atoms. The maximum atomic E-state index is 12.4. The van der Waals surface area contributed by atoms with Crippen molar-refractivity contribution in [3.63, 3.8) is 0 Å². The Kier molecular flexibility index (Phi) is 5.41. The van der Waals surface area contributed by atoms with E-state index in [0.717, 1.165) is 18.7 Å². The molecule has 136 valence electrons. The highest BCUT2D eigenvalue weighted by molar-refractivity contribution is 5.96. The van der Waals surface area contributed by atoms with Crippen molar-refractivity contribution in [1.29, 1.82) is 0 Å². The van der Waals surface area contributed by atoms with Crippen molar-refractivity contribution in [2.45, 2.75) is 25.9 Å². The summed E-state index contributed by atoms with van der Waals surface area (Å²) in [4.78, 5) is 25.9. The zero-order valence-electron chi connectivity index (χ0n) is 14.9.